The SMILES string of the molecule is CSCC[C@H](NC(=O)[C@@H](CC(C)C)NC(=O)CNC(=O)[C@@H](Cc1ccccc1)NC(=O)[C@H](Cc1ccccc1)NC(=O)[C@@H](CCC(N)=O)NC(=O)[C@@H](CCC(N)=O)NC(=O)[C@H]1CCCN1C(=O)[C@H](CCCCN)NC(=O)[C@H]1CCCN1C(=O)[C@@H](N)CCCN=C(N)N)C(N)=O. The summed E-state index contributed by atoms with van der Waals surface area (Å²) in [5.41, 5.74) is 40.6. The number of primary amides is 3. The zero-order valence-corrected chi connectivity index (χ0v) is 55.3. The van der Waals surface area contributed by atoms with E-state index in [1.807, 2.05) is 20.1 Å². The fourth-order valence-electron chi connectivity index (χ4n) is 11.0. The number of nitrogens with one attached hydrogen (secondary N) is 8. The van der Waals surface area contributed by atoms with Crippen LogP contribution in [0.5, 0.6) is 0 Å². The number of amides is 13. The van der Waals surface area contributed by atoms with Crippen LogP contribution in [0.15, 0.2) is 65.7 Å². The third kappa shape index (κ3) is 27.5. The van der Waals surface area contributed by atoms with Gasteiger partial charge in [0.05, 0.1) is 12.6 Å². The molecule has 13 amide bonds. The van der Waals surface area contributed by atoms with Crippen LogP contribution in [0.3, 0.4) is 0 Å². The second-order valence-electron chi connectivity index (χ2n) is 24.1. The lowest BCUT2D eigenvalue weighted by Gasteiger charge is -2.32. The molecule has 32 heteroatoms. The van der Waals surface area contributed by atoms with Crippen LogP contribution in [0.2, 0.25) is 0 Å². The summed E-state index contributed by atoms with van der Waals surface area (Å²) in [6.07, 6.45) is 3.12. The molecule has 2 fully saturated rings. The van der Waals surface area contributed by atoms with Crippen LogP contribution in [0.25, 0.3) is 0 Å². The van der Waals surface area contributed by atoms with Crippen molar-refractivity contribution in [3.8, 4) is 0 Å². The van der Waals surface area contributed by atoms with E-state index < -0.39 is 169 Å². The third-order valence-electron chi connectivity index (χ3n) is 16.0. The number of benzene rings is 2. The summed E-state index contributed by atoms with van der Waals surface area (Å²) in [5.74, 6) is -9.80. The lowest BCUT2D eigenvalue weighted by atomic mass is 10.0. The minimum Gasteiger partial charge on any atom is -0.370 e. The molecule has 0 unspecified atom stereocenters. The molecule has 0 spiro atoms. The van der Waals surface area contributed by atoms with E-state index in [1.54, 1.807) is 60.7 Å². The highest BCUT2D eigenvalue weighted by Gasteiger charge is 2.42. The van der Waals surface area contributed by atoms with Gasteiger partial charge in [-0.3, -0.25) is 67.3 Å². The number of thioether (sulfide) groups is 1. The Kier molecular flexibility index (Phi) is 33.9. The zero-order valence-electron chi connectivity index (χ0n) is 54.5. The maximum atomic E-state index is 14.7. The lowest BCUT2D eigenvalue weighted by Crippen LogP contribution is -2.60. The second kappa shape index (κ2) is 41.0. The summed E-state index contributed by atoms with van der Waals surface area (Å²) < 4.78 is 0. The van der Waals surface area contributed by atoms with Gasteiger partial charge in [0.25, 0.3) is 0 Å². The highest BCUT2D eigenvalue weighted by atomic mass is 32.2. The zero-order chi connectivity index (χ0) is 70.1. The van der Waals surface area contributed by atoms with Crippen LogP contribution in [0.4, 0.5) is 0 Å². The number of carbonyl (C=O) groups excluding carboxylic acids is 13. The van der Waals surface area contributed by atoms with Gasteiger partial charge in [0, 0.05) is 45.3 Å². The molecule has 2 heterocycles. The van der Waals surface area contributed by atoms with Gasteiger partial charge in [0.2, 0.25) is 76.8 Å². The quantitative estimate of drug-likeness (QED) is 0.0173. The molecule has 0 aliphatic carbocycles. The van der Waals surface area contributed by atoms with E-state index in [1.165, 1.54) is 21.6 Å². The molecule has 0 saturated carbocycles. The van der Waals surface area contributed by atoms with Gasteiger partial charge in [0.15, 0.2) is 5.96 Å². The molecule has 10 atom stereocenters. The number of unbranched alkanes of at least 4 members (excludes halogenated alkanes) is 1. The molecule has 2 aliphatic rings. The number of nitrogens with zero attached hydrogens (tertiary/aromatic N) is 3. The van der Waals surface area contributed by atoms with E-state index in [0.29, 0.717) is 55.4 Å². The number of hydrogen-bond acceptors (Lipinski definition) is 17. The minimum atomic E-state index is -1.64. The summed E-state index contributed by atoms with van der Waals surface area (Å²) in [5, 5.41) is 21.1. The Balaban J connectivity index is 1.56. The van der Waals surface area contributed by atoms with Gasteiger partial charge in [-0.1, -0.05) is 74.5 Å². The summed E-state index contributed by atoms with van der Waals surface area (Å²) in [7, 11) is 0. The number of nitrogens with two attached hydrogens (primary N) is 7. The molecule has 22 N–H and O–H groups in total. The molecule has 2 aliphatic heterocycles. The van der Waals surface area contributed by atoms with E-state index in [0.717, 1.165) is 0 Å². The van der Waals surface area contributed by atoms with Crippen molar-refractivity contribution in [3.63, 3.8) is 0 Å². The van der Waals surface area contributed by atoms with E-state index in [4.69, 9.17) is 40.1 Å². The Morgan fingerprint density at radius 3 is 1.51 bits per heavy atom. The molecule has 4 rings (SSSR count). The van der Waals surface area contributed by atoms with E-state index >= 15 is 0 Å². The van der Waals surface area contributed by atoms with Crippen LogP contribution >= 0.6 is 11.8 Å². The minimum absolute atomic E-state index is 0.0736. The Labute approximate surface area is 558 Å². The largest absolute Gasteiger partial charge is 0.370 e. The Morgan fingerprint density at radius 2 is 1.01 bits per heavy atom. The average Bonchev–Trinajstić information content (AvgIpc) is 1.74. The van der Waals surface area contributed by atoms with Crippen LogP contribution < -0.4 is 82.7 Å². The average molecular weight is 1350 g/mol. The number of rotatable bonds is 42. The molecule has 31 nitrogen and oxygen atoms in total. The first kappa shape index (κ1) is 78.5. The number of carbonyl (C=O) groups is 13. The molecule has 2 aromatic carbocycles. The maximum Gasteiger partial charge on any atom is 0.245 e. The predicted octanol–water partition coefficient (Wildman–Crippen LogP) is -3.71. The van der Waals surface area contributed by atoms with Crippen molar-refractivity contribution in [2.24, 2.45) is 51.0 Å². The Hall–Kier alpha value is -8.91. The van der Waals surface area contributed by atoms with Crippen LogP contribution in [0, 0.1) is 5.92 Å². The smallest absolute Gasteiger partial charge is 0.245 e. The third-order valence-corrected chi connectivity index (χ3v) is 16.7. The van der Waals surface area contributed by atoms with E-state index in [9.17, 15) is 62.3 Å². The second-order valence-corrected chi connectivity index (χ2v) is 25.1. The number of hydrogen-bond donors (Lipinski definition) is 15. The summed E-state index contributed by atoms with van der Waals surface area (Å²) in [6.45, 7) is 3.86. The first-order valence-electron chi connectivity index (χ1n) is 32.2. The first-order chi connectivity index (χ1) is 45.2. The molecule has 0 radical (unpaired) electrons. The van der Waals surface area contributed by atoms with Gasteiger partial charge >= 0.3 is 0 Å². The van der Waals surface area contributed by atoms with Crippen LogP contribution in [0.1, 0.15) is 121 Å². The lowest BCUT2D eigenvalue weighted by molar-refractivity contribution is -0.144. The van der Waals surface area contributed by atoms with Crippen LogP contribution in [-0.2, 0) is 75.2 Å². The van der Waals surface area contributed by atoms with Gasteiger partial charge < -0.3 is 92.5 Å². The first-order valence-corrected chi connectivity index (χ1v) is 33.6. The van der Waals surface area contributed by atoms with Crippen molar-refractivity contribution in [1.29, 1.82) is 0 Å². The van der Waals surface area contributed by atoms with Crippen molar-refractivity contribution in [2.75, 3.05) is 44.7 Å². The van der Waals surface area contributed by atoms with E-state index in [2.05, 4.69) is 47.5 Å². The molecule has 95 heavy (non-hydrogen) atoms. The van der Waals surface area contributed by atoms with Crippen molar-refractivity contribution >= 4 is 94.5 Å². The normalized spacial score (nSPS) is 16.8. The molecule has 0 bridgehead atoms. The van der Waals surface area contributed by atoms with Gasteiger partial charge in [-0.25, -0.2) is 0 Å². The molecular formula is C63H98N18O13S. The number of guanidine groups is 1. The van der Waals surface area contributed by atoms with Crippen LogP contribution in [-0.4, -0.2) is 198 Å². The van der Waals surface area contributed by atoms with Gasteiger partial charge in [-0.05, 0) is 119 Å². The van der Waals surface area contributed by atoms with Crippen molar-refractivity contribution < 1.29 is 62.3 Å². The molecule has 524 valence electrons. The van der Waals surface area contributed by atoms with E-state index in [-0.39, 0.29) is 83.0 Å². The van der Waals surface area contributed by atoms with Crippen molar-refractivity contribution in [3.05, 3.63) is 71.8 Å². The fourth-order valence-corrected chi connectivity index (χ4v) is 11.5. The Bertz CT molecular complexity index is 2960. The summed E-state index contributed by atoms with van der Waals surface area (Å²) >= 11 is 1.45. The fraction of sp³-hybridized carbons (Fsp3) is 0.587. The van der Waals surface area contributed by atoms with Gasteiger partial charge in [-0.15, -0.1) is 0 Å². The van der Waals surface area contributed by atoms with Crippen molar-refractivity contribution in [2.45, 2.75) is 183 Å². The topological polar surface area (TPSA) is 519 Å². The predicted molar refractivity (Wildman–Crippen MR) is 356 cm³/mol. The number of aliphatic imine (C=N–C) groups is 1. The maximum absolute atomic E-state index is 14.7. The number of likely N-dealkylation sites (tertiary alicyclic amines) is 2. The Morgan fingerprint density at radius 1 is 0.537 bits per heavy atom. The highest BCUT2D eigenvalue weighted by Crippen LogP contribution is 2.24. The van der Waals surface area contributed by atoms with Crippen molar-refractivity contribution in [1.82, 2.24) is 52.3 Å². The van der Waals surface area contributed by atoms with Gasteiger partial charge in [-0.2, -0.15) is 11.8 Å². The molecule has 2 saturated heterocycles. The highest BCUT2D eigenvalue weighted by molar-refractivity contribution is 7.98. The van der Waals surface area contributed by atoms with Gasteiger partial charge in [0.1, 0.15) is 54.4 Å². The molecular weight excluding hydrogens is 1250 g/mol. The molecule has 0 aromatic heterocycles. The summed E-state index contributed by atoms with van der Waals surface area (Å²) in [4.78, 5) is 185. The summed E-state index contributed by atoms with van der Waals surface area (Å²) in [6, 6.07) is 4.51. The molecule has 2 aromatic rings. The standard InChI is InChI=1S/C63H98N18O13S/c1-37(2)33-45(57(89)74-41(53(68)85)27-32-95-3)73-52(84)36-72-54(86)46(34-38-15-6-4-7-16-38)78-58(90)47(35-39-17-8-5-9-18-39)79-56(88)42(23-25-50(66)82)75-55(87)43(24-26-51(67)83)76-59(91)49-22-14-31-81(49)62(94)44(20-10-11-28-64)77-60(92)48-21-13-30-80(48)61(93)40(65)19-12-29-71-63(69)70/h4-9,15-18,37,40-49H,10-14,19-36,64-65H2,1-3H3,(H2,66,82)(H2,67,83)(H2,68,85)(H,72,86)(H,73,84)(H,74,89)(H,75,87)(H,76,91)(H,77,92)(H,78,90)(H,79,88)(H4,69,70,71)/t40-,41-,42+,43+,44-,45+,46+,47-,48+,49+/m0/s1. The monoisotopic (exact) mass is 1350 g/mol.